The second-order valence-corrected chi connectivity index (χ2v) is 5.55. The number of benzene rings is 2. The molecule has 1 heterocycles. The van der Waals surface area contributed by atoms with Crippen molar-refractivity contribution in [2.45, 2.75) is 25.0 Å². The SMILES string of the molecule is OC1(c2ccccc2OCc2ccccc2)CCNCC1. The van der Waals surface area contributed by atoms with Crippen LogP contribution in [0.3, 0.4) is 0 Å². The molecule has 0 amide bonds. The van der Waals surface area contributed by atoms with E-state index in [0.29, 0.717) is 6.61 Å². The van der Waals surface area contributed by atoms with Gasteiger partial charge in [0.25, 0.3) is 0 Å². The van der Waals surface area contributed by atoms with E-state index >= 15 is 0 Å². The van der Waals surface area contributed by atoms with Crippen molar-refractivity contribution in [3.63, 3.8) is 0 Å². The van der Waals surface area contributed by atoms with Crippen molar-refractivity contribution in [1.82, 2.24) is 5.32 Å². The third kappa shape index (κ3) is 3.26. The highest BCUT2D eigenvalue weighted by Crippen LogP contribution is 2.36. The van der Waals surface area contributed by atoms with Crippen LogP contribution in [0.2, 0.25) is 0 Å². The van der Waals surface area contributed by atoms with E-state index < -0.39 is 5.60 Å². The predicted octanol–water partition coefficient (Wildman–Crippen LogP) is 2.84. The molecule has 0 unspecified atom stereocenters. The summed E-state index contributed by atoms with van der Waals surface area (Å²) in [4.78, 5) is 0. The number of piperidine rings is 1. The van der Waals surface area contributed by atoms with Crippen LogP contribution in [0.1, 0.15) is 24.0 Å². The molecule has 0 saturated carbocycles. The maximum atomic E-state index is 10.9. The lowest BCUT2D eigenvalue weighted by Gasteiger charge is -2.34. The Morgan fingerprint density at radius 3 is 2.38 bits per heavy atom. The molecular weight excluding hydrogens is 262 g/mol. The van der Waals surface area contributed by atoms with Gasteiger partial charge in [-0.15, -0.1) is 0 Å². The molecular formula is C18H21NO2. The molecule has 0 aliphatic carbocycles. The predicted molar refractivity (Wildman–Crippen MR) is 83.2 cm³/mol. The molecule has 2 aromatic rings. The average Bonchev–Trinajstić information content (AvgIpc) is 2.55. The van der Waals surface area contributed by atoms with Crippen molar-refractivity contribution in [1.29, 1.82) is 0 Å². The van der Waals surface area contributed by atoms with Gasteiger partial charge in [-0.1, -0.05) is 48.5 Å². The monoisotopic (exact) mass is 283 g/mol. The second-order valence-electron chi connectivity index (χ2n) is 5.55. The Hall–Kier alpha value is -1.84. The largest absolute Gasteiger partial charge is 0.489 e. The fourth-order valence-corrected chi connectivity index (χ4v) is 2.82. The van der Waals surface area contributed by atoms with Crippen LogP contribution in [-0.4, -0.2) is 18.2 Å². The first kappa shape index (κ1) is 14.1. The first-order valence-electron chi connectivity index (χ1n) is 7.47. The van der Waals surface area contributed by atoms with Crippen LogP contribution in [0.4, 0.5) is 0 Å². The Balaban J connectivity index is 1.79. The molecule has 21 heavy (non-hydrogen) atoms. The molecule has 1 aliphatic heterocycles. The standard InChI is InChI=1S/C18H21NO2/c20-18(10-12-19-13-11-18)16-8-4-5-9-17(16)21-14-15-6-2-1-3-7-15/h1-9,19-20H,10-14H2. The fourth-order valence-electron chi connectivity index (χ4n) is 2.82. The maximum Gasteiger partial charge on any atom is 0.125 e. The van der Waals surface area contributed by atoms with Crippen LogP contribution in [0, 0.1) is 0 Å². The molecule has 0 aromatic heterocycles. The van der Waals surface area contributed by atoms with Crippen molar-refractivity contribution in [2.24, 2.45) is 0 Å². The zero-order chi connectivity index (χ0) is 14.5. The number of hydrogen-bond acceptors (Lipinski definition) is 3. The number of para-hydroxylation sites is 1. The van der Waals surface area contributed by atoms with Gasteiger partial charge in [0.1, 0.15) is 12.4 Å². The Bertz CT molecular complexity index is 577. The Morgan fingerprint density at radius 2 is 1.62 bits per heavy atom. The maximum absolute atomic E-state index is 10.9. The number of nitrogens with one attached hydrogen (secondary N) is 1. The number of hydrogen-bond donors (Lipinski definition) is 2. The third-order valence-corrected chi connectivity index (χ3v) is 4.06. The van der Waals surface area contributed by atoms with Crippen LogP contribution >= 0.6 is 0 Å². The van der Waals surface area contributed by atoms with Gasteiger partial charge in [0.05, 0.1) is 5.60 Å². The van der Waals surface area contributed by atoms with E-state index in [1.807, 2.05) is 54.6 Å². The molecule has 0 radical (unpaired) electrons. The summed E-state index contributed by atoms with van der Waals surface area (Å²) in [6, 6.07) is 17.9. The summed E-state index contributed by atoms with van der Waals surface area (Å²) < 4.78 is 5.96. The Kier molecular flexibility index (Phi) is 4.23. The molecule has 1 aliphatic rings. The van der Waals surface area contributed by atoms with Crippen molar-refractivity contribution in [2.75, 3.05) is 13.1 Å². The summed E-state index contributed by atoms with van der Waals surface area (Å²) in [5.41, 5.74) is 1.26. The van der Waals surface area contributed by atoms with Crippen LogP contribution < -0.4 is 10.1 Å². The first-order valence-corrected chi connectivity index (χ1v) is 7.47. The summed E-state index contributed by atoms with van der Waals surface area (Å²) in [6.45, 7) is 2.19. The minimum absolute atomic E-state index is 0.520. The molecule has 3 heteroatoms. The van der Waals surface area contributed by atoms with Crippen LogP contribution in [-0.2, 0) is 12.2 Å². The summed E-state index contributed by atoms with van der Waals surface area (Å²) in [5, 5.41) is 14.2. The zero-order valence-electron chi connectivity index (χ0n) is 12.1. The third-order valence-electron chi connectivity index (χ3n) is 4.06. The highest BCUT2D eigenvalue weighted by molar-refractivity contribution is 5.38. The minimum atomic E-state index is -0.779. The van der Waals surface area contributed by atoms with E-state index in [2.05, 4.69) is 5.32 Å². The van der Waals surface area contributed by atoms with Crippen LogP contribution in [0.5, 0.6) is 5.75 Å². The minimum Gasteiger partial charge on any atom is -0.489 e. The Labute approximate surface area is 125 Å². The highest BCUT2D eigenvalue weighted by atomic mass is 16.5. The van der Waals surface area contributed by atoms with Gasteiger partial charge in [0.2, 0.25) is 0 Å². The van der Waals surface area contributed by atoms with Gasteiger partial charge in [0, 0.05) is 5.56 Å². The molecule has 2 aromatic carbocycles. The van der Waals surface area contributed by atoms with Gasteiger partial charge in [-0.2, -0.15) is 0 Å². The van der Waals surface area contributed by atoms with E-state index in [9.17, 15) is 5.11 Å². The van der Waals surface area contributed by atoms with Crippen molar-refractivity contribution in [3.8, 4) is 5.75 Å². The van der Waals surface area contributed by atoms with E-state index in [1.165, 1.54) is 0 Å². The van der Waals surface area contributed by atoms with Gasteiger partial charge in [-0.25, -0.2) is 0 Å². The second kappa shape index (κ2) is 6.29. The van der Waals surface area contributed by atoms with E-state index in [4.69, 9.17) is 4.74 Å². The van der Waals surface area contributed by atoms with Crippen molar-refractivity contribution < 1.29 is 9.84 Å². The molecule has 3 rings (SSSR count). The number of ether oxygens (including phenoxy) is 1. The normalized spacial score (nSPS) is 17.4. The molecule has 1 saturated heterocycles. The van der Waals surface area contributed by atoms with Crippen LogP contribution in [0.15, 0.2) is 54.6 Å². The van der Waals surface area contributed by atoms with Gasteiger partial charge < -0.3 is 15.2 Å². The summed E-state index contributed by atoms with van der Waals surface area (Å²) in [6.07, 6.45) is 1.44. The van der Waals surface area contributed by atoms with Gasteiger partial charge in [0.15, 0.2) is 0 Å². The van der Waals surface area contributed by atoms with Gasteiger partial charge in [-0.05, 0) is 37.6 Å². The highest BCUT2D eigenvalue weighted by Gasteiger charge is 2.33. The molecule has 0 atom stereocenters. The number of rotatable bonds is 4. The zero-order valence-corrected chi connectivity index (χ0v) is 12.1. The molecule has 0 bridgehead atoms. The number of aliphatic hydroxyl groups is 1. The van der Waals surface area contributed by atoms with Gasteiger partial charge >= 0.3 is 0 Å². The van der Waals surface area contributed by atoms with Gasteiger partial charge in [-0.3, -0.25) is 0 Å². The lowest BCUT2D eigenvalue weighted by molar-refractivity contribution is 0.00325. The van der Waals surface area contributed by atoms with Crippen LogP contribution in [0.25, 0.3) is 0 Å². The van der Waals surface area contributed by atoms with Crippen molar-refractivity contribution in [3.05, 3.63) is 65.7 Å². The quantitative estimate of drug-likeness (QED) is 0.906. The first-order chi connectivity index (χ1) is 10.3. The summed E-state index contributed by atoms with van der Waals surface area (Å²) in [5.74, 6) is 0.783. The summed E-state index contributed by atoms with van der Waals surface area (Å²) in [7, 11) is 0. The van der Waals surface area contributed by atoms with E-state index in [0.717, 1.165) is 42.8 Å². The van der Waals surface area contributed by atoms with E-state index in [-0.39, 0.29) is 0 Å². The molecule has 110 valence electrons. The molecule has 2 N–H and O–H groups in total. The lowest BCUT2D eigenvalue weighted by Crippen LogP contribution is -2.39. The van der Waals surface area contributed by atoms with E-state index in [1.54, 1.807) is 0 Å². The lowest BCUT2D eigenvalue weighted by atomic mass is 9.84. The average molecular weight is 283 g/mol. The summed E-state index contributed by atoms with van der Waals surface area (Å²) >= 11 is 0. The fraction of sp³-hybridized carbons (Fsp3) is 0.333. The van der Waals surface area contributed by atoms with Crippen molar-refractivity contribution >= 4 is 0 Å². The molecule has 1 fully saturated rings. The molecule has 0 spiro atoms. The smallest absolute Gasteiger partial charge is 0.125 e. The Morgan fingerprint density at radius 1 is 0.952 bits per heavy atom. The topological polar surface area (TPSA) is 41.5 Å². The molecule has 3 nitrogen and oxygen atoms in total.